The molecule has 4 aromatic rings. The third-order valence-corrected chi connectivity index (χ3v) is 7.62. The Morgan fingerprint density at radius 2 is 1.83 bits per heavy atom. The zero-order chi connectivity index (χ0) is 25.1. The molecule has 4 heterocycles. The van der Waals surface area contributed by atoms with E-state index in [0.29, 0.717) is 43.8 Å². The molecule has 36 heavy (non-hydrogen) atoms. The predicted octanol–water partition coefficient (Wildman–Crippen LogP) is 3.66. The minimum atomic E-state index is -0.595. The number of carbonyl (C=O) groups excluding carboxylic acids is 1. The van der Waals surface area contributed by atoms with Crippen molar-refractivity contribution in [3.05, 3.63) is 65.7 Å². The van der Waals surface area contributed by atoms with Crippen molar-refractivity contribution < 1.29 is 9.18 Å². The Balaban J connectivity index is 1.21. The van der Waals surface area contributed by atoms with Crippen LogP contribution in [-0.2, 0) is 10.2 Å². The van der Waals surface area contributed by atoms with Gasteiger partial charge < -0.3 is 15.1 Å². The van der Waals surface area contributed by atoms with Crippen molar-refractivity contribution in [1.29, 1.82) is 0 Å². The fraction of sp³-hybridized carbons (Fsp3) is 0.385. The average molecular weight is 489 g/mol. The smallest absolute Gasteiger partial charge is 0.245 e. The third kappa shape index (κ3) is 3.59. The number of carbonyl (C=O) groups is 1. The second-order valence-electron chi connectivity index (χ2n) is 10.4. The van der Waals surface area contributed by atoms with Crippen molar-refractivity contribution in [2.75, 3.05) is 36.4 Å². The topological polar surface area (TPSA) is 94.5 Å². The van der Waals surface area contributed by atoms with Crippen molar-refractivity contribution in [1.82, 2.24) is 29.7 Å². The van der Waals surface area contributed by atoms with E-state index in [-0.39, 0.29) is 17.1 Å². The van der Waals surface area contributed by atoms with Gasteiger partial charge in [0.05, 0.1) is 5.41 Å². The number of H-pyrrole nitrogens is 1. The highest BCUT2D eigenvalue weighted by Gasteiger charge is 2.68. The summed E-state index contributed by atoms with van der Waals surface area (Å²) < 4.78 is 15.4. The first-order chi connectivity index (χ1) is 17.3. The molecule has 1 aromatic carbocycles. The fourth-order valence-electron chi connectivity index (χ4n) is 5.47. The van der Waals surface area contributed by atoms with Gasteiger partial charge in [-0.15, -0.1) is 5.10 Å². The molecule has 1 atom stereocenters. The van der Waals surface area contributed by atoms with E-state index in [4.69, 9.17) is 10.1 Å². The summed E-state index contributed by atoms with van der Waals surface area (Å²) in [4.78, 5) is 22.6. The standard InChI is InChI=1S/C26H29FN8O/c1-17-15-21(31-30-17)28-22-20-5-4-10-35(20)32-24(29-22)34-13-11-33(12-14-34)23(36)26(16-25(26,2)3)18-6-8-19(27)9-7-18/h4-10,15H,11-14,16H2,1-3H3,(H2,28,29,30,31,32). The molecule has 3 aromatic heterocycles. The predicted molar refractivity (Wildman–Crippen MR) is 135 cm³/mol. The van der Waals surface area contributed by atoms with E-state index in [1.54, 1.807) is 16.6 Å². The van der Waals surface area contributed by atoms with E-state index in [0.717, 1.165) is 23.2 Å². The summed E-state index contributed by atoms with van der Waals surface area (Å²) in [7, 11) is 0. The molecule has 186 valence electrons. The number of amides is 1. The van der Waals surface area contributed by atoms with Crippen LogP contribution in [0.15, 0.2) is 48.7 Å². The molecule has 2 aliphatic rings. The number of halogens is 1. The molecule has 6 rings (SSSR count). The lowest BCUT2D eigenvalue weighted by Gasteiger charge is -2.37. The van der Waals surface area contributed by atoms with E-state index in [2.05, 4.69) is 34.3 Å². The molecule has 1 unspecified atom stereocenters. The average Bonchev–Trinajstić information content (AvgIpc) is 3.20. The summed E-state index contributed by atoms with van der Waals surface area (Å²) in [5, 5.41) is 15.2. The van der Waals surface area contributed by atoms with Gasteiger partial charge in [0, 0.05) is 44.1 Å². The molecule has 2 fully saturated rings. The number of rotatable bonds is 5. The van der Waals surface area contributed by atoms with Gasteiger partial charge in [-0.25, -0.2) is 8.91 Å². The summed E-state index contributed by atoms with van der Waals surface area (Å²) in [6.07, 6.45) is 2.66. The van der Waals surface area contributed by atoms with Crippen LogP contribution in [0.3, 0.4) is 0 Å². The van der Waals surface area contributed by atoms with E-state index >= 15 is 0 Å². The number of benzene rings is 1. The number of aromatic amines is 1. The molecule has 1 saturated heterocycles. The Labute approximate surface area is 208 Å². The number of nitrogens with zero attached hydrogens (tertiary/aromatic N) is 6. The second kappa shape index (κ2) is 8.04. The second-order valence-corrected chi connectivity index (χ2v) is 10.4. The maximum absolute atomic E-state index is 13.8. The molecular formula is C26H29FN8O. The Morgan fingerprint density at radius 1 is 1.11 bits per heavy atom. The molecular weight excluding hydrogens is 459 g/mol. The van der Waals surface area contributed by atoms with Crippen LogP contribution in [0.25, 0.3) is 5.52 Å². The largest absolute Gasteiger partial charge is 0.338 e. The SMILES string of the molecule is Cc1cc(Nc2nc(N3CCN(C(=O)C4(c5ccc(F)cc5)CC4(C)C)CC3)nn3cccc23)n[nH]1. The van der Waals surface area contributed by atoms with E-state index < -0.39 is 5.41 Å². The number of nitrogens with one attached hydrogen (secondary N) is 2. The monoisotopic (exact) mass is 488 g/mol. The minimum Gasteiger partial charge on any atom is -0.338 e. The highest BCUT2D eigenvalue weighted by atomic mass is 19.1. The zero-order valence-corrected chi connectivity index (χ0v) is 20.6. The van der Waals surface area contributed by atoms with Crippen molar-refractivity contribution in [3.8, 4) is 0 Å². The molecule has 0 radical (unpaired) electrons. The van der Waals surface area contributed by atoms with Crippen LogP contribution in [0, 0.1) is 18.2 Å². The van der Waals surface area contributed by atoms with E-state index in [1.165, 1.54) is 12.1 Å². The van der Waals surface area contributed by atoms with Gasteiger partial charge >= 0.3 is 0 Å². The van der Waals surface area contributed by atoms with Crippen LogP contribution in [0.1, 0.15) is 31.5 Å². The fourth-order valence-corrected chi connectivity index (χ4v) is 5.47. The first-order valence-corrected chi connectivity index (χ1v) is 12.2. The maximum Gasteiger partial charge on any atom is 0.245 e. The lowest BCUT2D eigenvalue weighted by Crippen LogP contribution is -2.52. The summed E-state index contributed by atoms with van der Waals surface area (Å²) in [5.74, 6) is 1.79. The summed E-state index contributed by atoms with van der Waals surface area (Å²) >= 11 is 0. The van der Waals surface area contributed by atoms with Gasteiger partial charge in [0.1, 0.15) is 11.3 Å². The van der Waals surface area contributed by atoms with Crippen molar-refractivity contribution in [2.24, 2.45) is 5.41 Å². The zero-order valence-electron chi connectivity index (χ0n) is 20.6. The Bertz CT molecular complexity index is 1430. The highest BCUT2D eigenvalue weighted by molar-refractivity contribution is 5.93. The van der Waals surface area contributed by atoms with Crippen molar-refractivity contribution in [2.45, 2.75) is 32.6 Å². The van der Waals surface area contributed by atoms with Crippen LogP contribution >= 0.6 is 0 Å². The molecule has 1 aliphatic heterocycles. The summed E-state index contributed by atoms with van der Waals surface area (Å²) in [6.45, 7) is 8.57. The lowest BCUT2D eigenvalue weighted by molar-refractivity contribution is -0.135. The van der Waals surface area contributed by atoms with Gasteiger partial charge in [-0.2, -0.15) is 10.1 Å². The molecule has 9 nitrogen and oxygen atoms in total. The summed E-state index contributed by atoms with van der Waals surface area (Å²) in [6, 6.07) is 12.2. The number of aryl methyl sites for hydroxylation is 1. The quantitative estimate of drug-likeness (QED) is 0.445. The van der Waals surface area contributed by atoms with Gasteiger partial charge in [0.25, 0.3) is 0 Å². The van der Waals surface area contributed by atoms with Gasteiger partial charge in [0.15, 0.2) is 11.6 Å². The molecule has 0 bridgehead atoms. The van der Waals surface area contributed by atoms with Crippen molar-refractivity contribution in [3.63, 3.8) is 0 Å². The van der Waals surface area contributed by atoms with E-state index in [1.807, 2.05) is 36.2 Å². The molecule has 1 amide bonds. The van der Waals surface area contributed by atoms with Crippen LogP contribution in [0.2, 0.25) is 0 Å². The number of aromatic nitrogens is 5. The van der Waals surface area contributed by atoms with Gasteiger partial charge in [-0.3, -0.25) is 9.89 Å². The van der Waals surface area contributed by atoms with Crippen LogP contribution in [0.4, 0.5) is 22.0 Å². The maximum atomic E-state index is 13.8. The molecule has 2 N–H and O–H groups in total. The van der Waals surface area contributed by atoms with Gasteiger partial charge in [0.2, 0.25) is 11.9 Å². The first-order valence-electron chi connectivity index (χ1n) is 12.2. The molecule has 10 heteroatoms. The van der Waals surface area contributed by atoms with Crippen LogP contribution in [-0.4, -0.2) is 61.8 Å². The molecule has 1 aliphatic carbocycles. The van der Waals surface area contributed by atoms with E-state index in [9.17, 15) is 9.18 Å². The third-order valence-electron chi connectivity index (χ3n) is 7.62. The molecule has 0 spiro atoms. The highest BCUT2D eigenvalue weighted by Crippen LogP contribution is 2.65. The number of piperazine rings is 1. The normalized spacial score (nSPS) is 21.1. The van der Waals surface area contributed by atoms with Crippen LogP contribution < -0.4 is 10.2 Å². The van der Waals surface area contributed by atoms with Crippen LogP contribution in [0.5, 0.6) is 0 Å². The number of hydrogen-bond acceptors (Lipinski definition) is 6. The Hall–Kier alpha value is -3.95. The van der Waals surface area contributed by atoms with Gasteiger partial charge in [-0.1, -0.05) is 26.0 Å². The Morgan fingerprint density at radius 3 is 2.47 bits per heavy atom. The lowest BCUT2D eigenvalue weighted by atomic mass is 9.86. The number of fused-ring (bicyclic) bond motifs is 1. The number of hydrogen-bond donors (Lipinski definition) is 2. The molecule has 1 saturated carbocycles. The Kier molecular flexibility index (Phi) is 5.03. The number of anilines is 3. The first kappa shape index (κ1) is 22.5. The van der Waals surface area contributed by atoms with Crippen molar-refractivity contribution >= 4 is 29.0 Å². The summed E-state index contributed by atoms with van der Waals surface area (Å²) in [5.41, 5.74) is 1.95. The minimum absolute atomic E-state index is 0.122. The van der Waals surface area contributed by atoms with Gasteiger partial charge in [-0.05, 0) is 48.6 Å².